The number of pyridine rings is 1. The number of hydrogen-bond donors (Lipinski definition) is 1. The number of anilines is 1. The number of carbonyl (C=O) groups excluding carboxylic acids is 1. The van der Waals surface area contributed by atoms with Crippen LogP contribution in [0.3, 0.4) is 0 Å². The predicted octanol–water partition coefficient (Wildman–Crippen LogP) is 5.52. The van der Waals surface area contributed by atoms with Crippen molar-refractivity contribution in [3.63, 3.8) is 0 Å². The first-order valence-electron chi connectivity index (χ1n) is 8.93. The van der Waals surface area contributed by atoms with Gasteiger partial charge in [0.1, 0.15) is 17.2 Å². The summed E-state index contributed by atoms with van der Waals surface area (Å²) in [7, 11) is 0. The second-order valence-corrected chi connectivity index (χ2v) is 7.60. The van der Waals surface area contributed by atoms with Crippen LogP contribution in [0.25, 0.3) is 11.3 Å². The molecule has 1 aromatic carbocycles. The number of carbonyl (C=O) groups is 1. The molecular weight excluding hydrogens is 328 g/mol. The summed E-state index contributed by atoms with van der Waals surface area (Å²) >= 11 is 0. The number of rotatable bonds is 6. The van der Waals surface area contributed by atoms with Crippen LogP contribution in [0.1, 0.15) is 41.0 Å². The van der Waals surface area contributed by atoms with Crippen LogP contribution in [-0.4, -0.2) is 23.3 Å². The van der Waals surface area contributed by atoms with Gasteiger partial charge in [0.05, 0.1) is 12.3 Å². The third kappa shape index (κ3) is 6.75. The van der Waals surface area contributed by atoms with Crippen LogP contribution in [0, 0.1) is 5.92 Å². The third-order valence-electron chi connectivity index (χ3n) is 3.46. The van der Waals surface area contributed by atoms with E-state index < -0.39 is 11.7 Å². The number of aromatic nitrogens is 1. The van der Waals surface area contributed by atoms with Gasteiger partial charge in [0.15, 0.2) is 0 Å². The molecule has 1 amide bonds. The van der Waals surface area contributed by atoms with Gasteiger partial charge in [0.2, 0.25) is 0 Å². The molecule has 2 aromatic rings. The van der Waals surface area contributed by atoms with E-state index in [1.165, 1.54) is 0 Å². The molecule has 0 aliphatic rings. The highest BCUT2D eigenvalue weighted by molar-refractivity contribution is 5.84. The van der Waals surface area contributed by atoms with Gasteiger partial charge < -0.3 is 9.47 Å². The van der Waals surface area contributed by atoms with Gasteiger partial charge in [-0.1, -0.05) is 44.2 Å². The molecule has 5 nitrogen and oxygen atoms in total. The minimum Gasteiger partial charge on any atom is -0.493 e. The fraction of sp³-hybridized carbons (Fsp3) is 0.429. The van der Waals surface area contributed by atoms with Crippen molar-refractivity contribution in [2.45, 2.75) is 46.6 Å². The highest BCUT2D eigenvalue weighted by atomic mass is 16.6. The van der Waals surface area contributed by atoms with Crippen molar-refractivity contribution in [2.75, 3.05) is 11.9 Å². The van der Waals surface area contributed by atoms with E-state index in [1.807, 2.05) is 57.2 Å². The molecule has 0 unspecified atom stereocenters. The van der Waals surface area contributed by atoms with E-state index in [0.29, 0.717) is 24.1 Å². The topological polar surface area (TPSA) is 60.5 Å². The molecule has 0 atom stereocenters. The van der Waals surface area contributed by atoms with Crippen molar-refractivity contribution < 1.29 is 14.3 Å². The van der Waals surface area contributed by atoms with Gasteiger partial charge in [-0.3, -0.25) is 5.32 Å². The van der Waals surface area contributed by atoms with Crippen LogP contribution in [0.2, 0.25) is 0 Å². The summed E-state index contributed by atoms with van der Waals surface area (Å²) in [4.78, 5) is 16.6. The second kappa shape index (κ2) is 8.70. The van der Waals surface area contributed by atoms with Crippen LogP contribution in [0.4, 0.5) is 10.6 Å². The fourth-order valence-electron chi connectivity index (χ4n) is 2.23. The lowest BCUT2D eigenvalue weighted by Gasteiger charge is -2.20. The predicted molar refractivity (Wildman–Crippen MR) is 104 cm³/mol. The van der Waals surface area contributed by atoms with Crippen LogP contribution >= 0.6 is 0 Å². The molecule has 1 heterocycles. The Morgan fingerprint density at radius 1 is 1.15 bits per heavy atom. The van der Waals surface area contributed by atoms with Crippen molar-refractivity contribution in [1.29, 1.82) is 0 Å². The lowest BCUT2D eigenvalue weighted by atomic mass is 10.1. The zero-order valence-corrected chi connectivity index (χ0v) is 16.2. The summed E-state index contributed by atoms with van der Waals surface area (Å²) in [6, 6.07) is 13.4. The summed E-state index contributed by atoms with van der Waals surface area (Å²) in [6.07, 6.45) is 0.418. The summed E-state index contributed by atoms with van der Waals surface area (Å²) in [5.41, 5.74) is 1.12. The van der Waals surface area contributed by atoms with Gasteiger partial charge in [0.25, 0.3) is 0 Å². The smallest absolute Gasteiger partial charge is 0.413 e. The van der Waals surface area contributed by atoms with Gasteiger partial charge in [0, 0.05) is 17.7 Å². The Kier molecular flexibility index (Phi) is 6.61. The number of nitrogens with one attached hydrogen (secondary N) is 1. The zero-order valence-electron chi connectivity index (χ0n) is 16.2. The molecule has 1 aromatic heterocycles. The van der Waals surface area contributed by atoms with E-state index in [0.717, 1.165) is 17.7 Å². The Hall–Kier alpha value is -2.56. The first kappa shape index (κ1) is 19.8. The maximum absolute atomic E-state index is 12.1. The zero-order chi connectivity index (χ0) is 19.2. The molecule has 0 aliphatic carbocycles. The second-order valence-electron chi connectivity index (χ2n) is 7.60. The van der Waals surface area contributed by atoms with E-state index >= 15 is 0 Å². The Balaban J connectivity index is 2.23. The molecule has 140 valence electrons. The van der Waals surface area contributed by atoms with E-state index in [4.69, 9.17) is 9.47 Å². The van der Waals surface area contributed by atoms with Crippen molar-refractivity contribution in [1.82, 2.24) is 4.98 Å². The first-order chi connectivity index (χ1) is 12.2. The SMILES string of the molecule is CC(C)CCOc1cc(NC(=O)OC(C)(C)C)nc(-c2ccccc2)c1. The Morgan fingerprint density at radius 2 is 1.85 bits per heavy atom. The maximum atomic E-state index is 12.1. The monoisotopic (exact) mass is 356 g/mol. The van der Waals surface area contributed by atoms with Crippen molar-refractivity contribution in [3.8, 4) is 17.0 Å². The normalized spacial score (nSPS) is 11.3. The molecule has 0 radical (unpaired) electrons. The van der Waals surface area contributed by atoms with Gasteiger partial charge in [-0.2, -0.15) is 0 Å². The average molecular weight is 356 g/mol. The van der Waals surface area contributed by atoms with Gasteiger partial charge in [-0.15, -0.1) is 0 Å². The molecule has 0 bridgehead atoms. The standard InChI is InChI=1S/C21H28N2O3/c1-15(2)11-12-25-17-13-18(16-9-7-6-8-10-16)22-19(14-17)23-20(24)26-21(3,4)5/h6-10,13-15H,11-12H2,1-5H3,(H,22,23,24). The fourth-order valence-corrected chi connectivity index (χ4v) is 2.23. The number of nitrogens with zero attached hydrogens (tertiary/aromatic N) is 1. The van der Waals surface area contributed by atoms with Crippen LogP contribution in [0.5, 0.6) is 5.75 Å². The molecule has 0 aliphatic heterocycles. The molecule has 26 heavy (non-hydrogen) atoms. The van der Waals surface area contributed by atoms with Crippen LogP contribution < -0.4 is 10.1 Å². The molecule has 0 saturated heterocycles. The molecular formula is C21H28N2O3. The molecule has 0 fully saturated rings. The van der Waals surface area contributed by atoms with E-state index in [2.05, 4.69) is 24.1 Å². The molecule has 0 saturated carbocycles. The number of benzene rings is 1. The van der Waals surface area contributed by atoms with Crippen molar-refractivity contribution in [2.24, 2.45) is 5.92 Å². The molecule has 2 rings (SSSR count). The Morgan fingerprint density at radius 3 is 2.46 bits per heavy atom. The first-order valence-corrected chi connectivity index (χ1v) is 8.93. The largest absolute Gasteiger partial charge is 0.493 e. The number of ether oxygens (including phenoxy) is 2. The quantitative estimate of drug-likeness (QED) is 0.740. The van der Waals surface area contributed by atoms with Gasteiger partial charge in [-0.25, -0.2) is 9.78 Å². The van der Waals surface area contributed by atoms with Crippen molar-refractivity contribution in [3.05, 3.63) is 42.5 Å². The summed E-state index contributed by atoms with van der Waals surface area (Å²) < 4.78 is 11.2. The Labute approximate surface area is 155 Å². The van der Waals surface area contributed by atoms with Gasteiger partial charge >= 0.3 is 6.09 Å². The van der Waals surface area contributed by atoms with E-state index in [1.54, 1.807) is 6.07 Å². The molecule has 5 heteroatoms. The summed E-state index contributed by atoms with van der Waals surface area (Å²) in [5.74, 6) is 1.63. The summed E-state index contributed by atoms with van der Waals surface area (Å²) in [6.45, 7) is 10.4. The Bertz CT molecular complexity index is 722. The van der Waals surface area contributed by atoms with Crippen LogP contribution in [-0.2, 0) is 4.74 Å². The highest BCUT2D eigenvalue weighted by Gasteiger charge is 2.17. The molecule has 0 spiro atoms. The van der Waals surface area contributed by atoms with Crippen LogP contribution in [0.15, 0.2) is 42.5 Å². The lowest BCUT2D eigenvalue weighted by molar-refractivity contribution is 0.0635. The van der Waals surface area contributed by atoms with Gasteiger partial charge in [-0.05, 0) is 33.1 Å². The highest BCUT2D eigenvalue weighted by Crippen LogP contribution is 2.26. The summed E-state index contributed by atoms with van der Waals surface area (Å²) in [5, 5.41) is 2.70. The lowest BCUT2D eigenvalue weighted by Crippen LogP contribution is -2.27. The molecule has 1 N–H and O–H groups in total. The van der Waals surface area contributed by atoms with E-state index in [-0.39, 0.29) is 0 Å². The maximum Gasteiger partial charge on any atom is 0.413 e. The number of amides is 1. The average Bonchev–Trinajstić information content (AvgIpc) is 2.53. The minimum atomic E-state index is -0.572. The van der Waals surface area contributed by atoms with Crippen molar-refractivity contribution >= 4 is 11.9 Å². The van der Waals surface area contributed by atoms with E-state index in [9.17, 15) is 4.79 Å². The number of hydrogen-bond acceptors (Lipinski definition) is 4. The minimum absolute atomic E-state index is 0.403. The third-order valence-corrected chi connectivity index (χ3v) is 3.46.